The molecule has 1 saturated carbocycles. The van der Waals surface area contributed by atoms with Gasteiger partial charge in [-0.05, 0) is 44.4 Å². The van der Waals surface area contributed by atoms with Crippen LogP contribution in [0, 0.1) is 5.82 Å². The second-order valence-electron chi connectivity index (χ2n) is 7.88. The number of piperazine rings is 1. The SMILES string of the molecule is CC1CN(c2ccc(C3(N)CC(N)C3)cc2F)CC(C)N1CC(F)(F)F. The van der Waals surface area contributed by atoms with Crippen LogP contribution in [0.2, 0.25) is 0 Å². The minimum Gasteiger partial charge on any atom is -0.366 e. The van der Waals surface area contributed by atoms with Crippen LogP contribution in [0.3, 0.4) is 0 Å². The van der Waals surface area contributed by atoms with Gasteiger partial charge in [-0.1, -0.05) is 6.07 Å². The molecule has 0 aromatic heterocycles. The van der Waals surface area contributed by atoms with Gasteiger partial charge in [0.2, 0.25) is 0 Å². The molecular weight excluding hydrogens is 348 g/mol. The molecule has 1 aliphatic carbocycles. The van der Waals surface area contributed by atoms with Gasteiger partial charge in [0.15, 0.2) is 0 Å². The van der Waals surface area contributed by atoms with Gasteiger partial charge >= 0.3 is 6.18 Å². The first-order valence-corrected chi connectivity index (χ1v) is 8.90. The molecule has 8 heteroatoms. The molecule has 4 nitrogen and oxygen atoms in total. The molecule has 0 amide bonds. The van der Waals surface area contributed by atoms with Gasteiger partial charge in [-0.15, -0.1) is 0 Å². The highest BCUT2D eigenvalue weighted by Crippen LogP contribution is 2.39. The summed E-state index contributed by atoms with van der Waals surface area (Å²) >= 11 is 0. The fourth-order valence-corrected chi connectivity index (χ4v) is 4.26. The third kappa shape index (κ3) is 3.82. The molecule has 3 rings (SSSR count). The van der Waals surface area contributed by atoms with E-state index in [0.29, 0.717) is 31.6 Å². The van der Waals surface area contributed by atoms with Crippen LogP contribution in [0.15, 0.2) is 18.2 Å². The Labute approximate surface area is 151 Å². The molecule has 26 heavy (non-hydrogen) atoms. The van der Waals surface area contributed by atoms with E-state index in [-0.39, 0.29) is 18.1 Å². The Morgan fingerprint density at radius 3 is 2.19 bits per heavy atom. The van der Waals surface area contributed by atoms with E-state index in [2.05, 4.69) is 0 Å². The molecule has 2 aliphatic rings. The van der Waals surface area contributed by atoms with Gasteiger partial charge in [-0.3, -0.25) is 4.90 Å². The largest absolute Gasteiger partial charge is 0.401 e. The highest BCUT2D eigenvalue weighted by atomic mass is 19.4. The topological polar surface area (TPSA) is 58.5 Å². The summed E-state index contributed by atoms with van der Waals surface area (Å²) in [5.74, 6) is -0.392. The maximum atomic E-state index is 14.7. The summed E-state index contributed by atoms with van der Waals surface area (Å²) in [5, 5.41) is 0. The van der Waals surface area contributed by atoms with Crippen LogP contribution in [0.4, 0.5) is 23.2 Å². The number of nitrogens with two attached hydrogens (primary N) is 2. The summed E-state index contributed by atoms with van der Waals surface area (Å²) in [6.07, 6.45) is -3.00. The Hall–Kier alpha value is -1.38. The Bertz CT molecular complexity index is 645. The summed E-state index contributed by atoms with van der Waals surface area (Å²) in [4.78, 5) is 3.24. The minimum atomic E-state index is -4.24. The van der Waals surface area contributed by atoms with E-state index in [9.17, 15) is 17.6 Å². The third-order valence-corrected chi connectivity index (χ3v) is 5.58. The van der Waals surface area contributed by atoms with Crippen LogP contribution in [0.5, 0.6) is 0 Å². The molecule has 2 unspecified atom stereocenters. The zero-order valence-electron chi connectivity index (χ0n) is 15.1. The van der Waals surface area contributed by atoms with Crippen molar-refractivity contribution in [2.75, 3.05) is 24.5 Å². The predicted octanol–water partition coefficient (Wildman–Crippen LogP) is 2.56. The summed E-state index contributed by atoms with van der Waals surface area (Å²) in [7, 11) is 0. The second kappa shape index (κ2) is 6.65. The lowest BCUT2D eigenvalue weighted by molar-refractivity contribution is -0.156. The van der Waals surface area contributed by atoms with Crippen LogP contribution in [0.25, 0.3) is 0 Å². The standard InChI is InChI=1S/C18H26F4N4/c1-11-8-25(9-12(2)26(11)10-18(20,21)22)16-4-3-13(5-15(16)19)17(24)6-14(23)7-17/h3-5,11-12,14H,6-10,23-24H2,1-2H3. The van der Waals surface area contributed by atoms with Crippen molar-refractivity contribution in [3.63, 3.8) is 0 Å². The summed E-state index contributed by atoms with van der Waals surface area (Å²) in [6, 6.07) is 4.32. The average Bonchev–Trinajstić information content (AvgIpc) is 2.48. The first-order chi connectivity index (χ1) is 12.0. The van der Waals surface area contributed by atoms with E-state index in [1.807, 2.05) is 11.0 Å². The highest BCUT2D eigenvalue weighted by molar-refractivity contribution is 5.51. The van der Waals surface area contributed by atoms with E-state index in [1.54, 1.807) is 19.9 Å². The van der Waals surface area contributed by atoms with E-state index in [1.165, 1.54) is 11.0 Å². The molecule has 2 fully saturated rings. The summed E-state index contributed by atoms with van der Waals surface area (Å²) in [5.41, 5.74) is 12.6. The van der Waals surface area contributed by atoms with Crippen molar-refractivity contribution in [2.24, 2.45) is 11.5 Å². The highest BCUT2D eigenvalue weighted by Gasteiger charge is 2.41. The quantitative estimate of drug-likeness (QED) is 0.799. The van der Waals surface area contributed by atoms with E-state index in [4.69, 9.17) is 11.5 Å². The van der Waals surface area contributed by atoms with Crippen LogP contribution < -0.4 is 16.4 Å². The number of nitrogens with zero attached hydrogens (tertiary/aromatic N) is 2. The van der Waals surface area contributed by atoms with Crippen molar-refractivity contribution < 1.29 is 17.6 Å². The first-order valence-electron chi connectivity index (χ1n) is 8.90. The lowest BCUT2D eigenvalue weighted by atomic mass is 9.69. The number of benzene rings is 1. The van der Waals surface area contributed by atoms with Crippen LogP contribution >= 0.6 is 0 Å². The monoisotopic (exact) mass is 374 g/mol. The Kier molecular flexibility index (Phi) is 4.96. The molecule has 0 radical (unpaired) electrons. The Morgan fingerprint density at radius 1 is 1.15 bits per heavy atom. The lowest BCUT2D eigenvalue weighted by Gasteiger charge is -2.46. The van der Waals surface area contributed by atoms with Crippen molar-refractivity contribution >= 4 is 5.69 Å². The fraction of sp³-hybridized carbons (Fsp3) is 0.667. The van der Waals surface area contributed by atoms with Crippen LogP contribution in [-0.4, -0.2) is 48.8 Å². The molecule has 4 N–H and O–H groups in total. The van der Waals surface area contributed by atoms with Gasteiger partial charge in [0.25, 0.3) is 0 Å². The number of rotatable bonds is 3. The Morgan fingerprint density at radius 2 is 1.73 bits per heavy atom. The Balaban J connectivity index is 1.74. The lowest BCUT2D eigenvalue weighted by Crippen LogP contribution is -2.59. The molecule has 1 heterocycles. The van der Waals surface area contributed by atoms with E-state index >= 15 is 0 Å². The smallest absolute Gasteiger partial charge is 0.366 e. The normalized spacial score (nSPS) is 33.2. The number of halogens is 4. The molecular formula is C18H26F4N4. The maximum absolute atomic E-state index is 14.7. The molecule has 1 aromatic carbocycles. The molecule has 0 bridgehead atoms. The molecule has 146 valence electrons. The van der Waals surface area contributed by atoms with Crippen LogP contribution in [0.1, 0.15) is 32.3 Å². The average molecular weight is 374 g/mol. The van der Waals surface area contributed by atoms with Crippen molar-refractivity contribution in [1.82, 2.24) is 4.90 Å². The predicted molar refractivity (Wildman–Crippen MR) is 93.4 cm³/mol. The molecule has 2 atom stereocenters. The van der Waals surface area contributed by atoms with Gasteiger partial charge in [0.1, 0.15) is 5.82 Å². The molecule has 1 saturated heterocycles. The summed E-state index contributed by atoms with van der Waals surface area (Å²) < 4.78 is 53.0. The van der Waals surface area contributed by atoms with Crippen molar-refractivity contribution in [3.05, 3.63) is 29.6 Å². The minimum absolute atomic E-state index is 0.0474. The van der Waals surface area contributed by atoms with Gasteiger partial charge in [-0.25, -0.2) is 4.39 Å². The zero-order chi connectivity index (χ0) is 19.3. The first kappa shape index (κ1) is 19.4. The molecule has 1 aliphatic heterocycles. The van der Waals surface area contributed by atoms with Gasteiger partial charge in [0, 0.05) is 36.8 Å². The van der Waals surface area contributed by atoms with Gasteiger partial charge in [0.05, 0.1) is 12.2 Å². The zero-order valence-corrected chi connectivity index (χ0v) is 15.1. The number of hydrogen-bond acceptors (Lipinski definition) is 4. The maximum Gasteiger partial charge on any atom is 0.401 e. The number of hydrogen-bond donors (Lipinski definition) is 2. The van der Waals surface area contributed by atoms with Gasteiger partial charge < -0.3 is 16.4 Å². The van der Waals surface area contributed by atoms with Crippen molar-refractivity contribution in [2.45, 2.75) is 56.5 Å². The molecule has 0 spiro atoms. The van der Waals surface area contributed by atoms with Crippen molar-refractivity contribution in [1.29, 1.82) is 0 Å². The summed E-state index contributed by atoms with van der Waals surface area (Å²) in [6.45, 7) is 3.22. The third-order valence-electron chi connectivity index (χ3n) is 5.58. The van der Waals surface area contributed by atoms with Crippen molar-refractivity contribution in [3.8, 4) is 0 Å². The fourth-order valence-electron chi connectivity index (χ4n) is 4.26. The van der Waals surface area contributed by atoms with E-state index in [0.717, 1.165) is 5.56 Å². The number of alkyl halides is 3. The second-order valence-corrected chi connectivity index (χ2v) is 7.88. The van der Waals surface area contributed by atoms with Crippen LogP contribution in [-0.2, 0) is 5.54 Å². The van der Waals surface area contributed by atoms with Gasteiger partial charge in [-0.2, -0.15) is 13.2 Å². The number of anilines is 1. The van der Waals surface area contributed by atoms with E-state index < -0.39 is 24.1 Å². The molecule has 1 aromatic rings.